The third-order valence-corrected chi connectivity index (χ3v) is 3.23. The maximum Gasteiger partial charge on any atom is 0.335 e. The summed E-state index contributed by atoms with van der Waals surface area (Å²) in [6.07, 6.45) is 1.38. The number of nitrogens with one attached hydrogen (secondary N) is 1. The van der Waals surface area contributed by atoms with Crippen molar-refractivity contribution in [1.29, 1.82) is 0 Å². The van der Waals surface area contributed by atoms with Gasteiger partial charge in [0, 0.05) is 11.1 Å². The number of hydrogen-bond donors (Lipinski definition) is 3. The van der Waals surface area contributed by atoms with Crippen molar-refractivity contribution in [3.8, 4) is 0 Å². The first-order valence-corrected chi connectivity index (χ1v) is 6.63. The Bertz CT molecular complexity index is 887. The number of fused-ring (bicyclic) bond motifs is 1. The van der Waals surface area contributed by atoms with Gasteiger partial charge in [0.05, 0.1) is 16.6 Å². The van der Waals surface area contributed by atoms with Crippen LogP contribution in [0.4, 0.5) is 11.5 Å². The maximum atomic E-state index is 11.1. The van der Waals surface area contributed by atoms with Gasteiger partial charge in [-0.25, -0.2) is 19.6 Å². The average Bonchev–Trinajstić information content (AvgIpc) is 2.55. The average molecular weight is 309 g/mol. The van der Waals surface area contributed by atoms with Crippen molar-refractivity contribution in [1.82, 2.24) is 9.97 Å². The number of anilines is 2. The molecule has 3 rings (SSSR count). The highest BCUT2D eigenvalue weighted by Gasteiger charge is 2.12. The minimum Gasteiger partial charge on any atom is -0.478 e. The van der Waals surface area contributed by atoms with Gasteiger partial charge in [0.1, 0.15) is 12.1 Å². The van der Waals surface area contributed by atoms with Crippen LogP contribution >= 0.6 is 0 Å². The van der Waals surface area contributed by atoms with E-state index in [1.54, 1.807) is 0 Å². The Hall–Kier alpha value is -3.48. The first-order valence-electron chi connectivity index (χ1n) is 6.63. The molecule has 1 aromatic heterocycles. The largest absolute Gasteiger partial charge is 0.478 e. The molecule has 1 heterocycles. The Labute approximate surface area is 130 Å². The van der Waals surface area contributed by atoms with E-state index in [0.717, 1.165) is 17.0 Å². The van der Waals surface area contributed by atoms with Crippen LogP contribution < -0.4 is 5.32 Å². The SMILES string of the molecule is O=C(O)c1cc(Nc2ncnc3ccccc23)cc(C(=O)O)c1. The fraction of sp³-hybridized carbons (Fsp3) is 0. The van der Waals surface area contributed by atoms with Gasteiger partial charge in [-0.1, -0.05) is 12.1 Å². The standard InChI is InChI=1S/C16H11N3O4/c20-15(21)9-5-10(16(22)23)7-11(6-9)19-14-12-3-1-2-4-13(12)17-8-18-14/h1-8H,(H,20,21)(H,22,23)(H,17,18,19). The second-order valence-corrected chi connectivity index (χ2v) is 4.77. The molecule has 7 nitrogen and oxygen atoms in total. The molecule has 0 spiro atoms. The van der Waals surface area contributed by atoms with Crippen molar-refractivity contribution in [2.45, 2.75) is 0 Å². The Balaban J connectivity index is 2.08. The normalized spacial score (nSPS) is 10.4. The number of carbonyl (C=O) groups is 2. The Morgan fingerprint density at radius 3 is 2.22 bits per heavy atom. The molecule has 2 aromatic carbocycles. The quantitative estimate of drug-likeness (QED) is 0.679. The van der Waals surface area contributed by atoms with Gasteiger partial charge < -0.3 is 15.5 Å². The maximum absolute atomic E-state index is 11.1. The van der Waals surface area contributed by atoms with Crippen LogP contribution in [0.1, 0.15) is 20.7 Å². The first kappa shape index (κ1) is 14.5. The van der Waals surface area contributed by atoms with E-state index in [0.29, 0.717) is 11.5 Å². The number of benzene rings is 2. The molecule has 0 saturated heterocycles. The Morgan fingerprint density at radius 2 is 1.57 bits per heavy atom. The molecular formula is C16H11N3O4. The van der Waals surface area contributed by atoms with E-state index in [9.17, 15) is 9.59 Å². The lowest BCUT2D eigenvalue weighted by atomic mass is 10.1. The first-order chi connectivity index (χ1) is 11.0. The van der Waals surface area contributed by atoms with Crippen molar-refractivity contribution < 1.29 is 19.8 Å². The Morgan fingerprint density at radius 1 is 0.913 bits per heavy atom. The molecule has 0 radical (unpaired) electrons. The van der Waals surface area contributed by atoms with E-state index in [1.165, 1.54) is 18.5 Å². The van der Waals surface area contributed by atoms with Gasteiger partial charge in [-0.05, 0) is 30.3 Å². The zero-order valence-corrected chi connectivity index (χ0v) is 11.7. The predicted molar refractivity (Wildman–Crippen MR) is 83.2 cm³/mol. The van der Waals surface area contributed by atoms with E-state index in [1.807, 2.05) is 24.3 Å². The van der Waals surface area contributed by atoms with Crippen LogP contribution in [0.3, 0.4) is 0 Å². The predicted octanol–water partition coefficient (Wildman–Crippen LogP) is 2.77. The lowest BCUT2D eigenvalue weighted by molar-refractivity contribution is 0.0696. The molecule has 0 aliphatic rings. The number of nitrogens with zero attached hydrogens (tertiary/aromatic N) is 2. The highest BCUT2D eigenvalue weighted by atomic mass is 16.4. The molecule has 0 saturated carbocycles. The van der Waals surface area contributed by atoms with Crippen LogP contribution in [-0.2, 0) is 0 Å². The number of carboxylic acid groups (broad SMARTS) is 2. The van der Waals surface area contributed by atoms with Gasteiger partial charge in [0.25, 0.3) is 0 Å². The van der Waals surface area contributed by atoms with Crippen LogP contribution in [0.5, 0.6) is 0 Å². The topological polar surface area (TPSA) is 112 Å². The lowest BCUT2D eigenvalue weighted by Crippen LogP contribution is -2.05. The molecule has 114 valence electrons. The number of aromatic carboxylic acids is 2. The van der Waals surface area contributed by atoms with E-state index in [-0.39, 0.29) is 11.1 Å². The molecule has 3 N–H and O–H groups in total. The van der Waals surface area contributed by atoms with Crippen LogP contribution in [0.15, 0.2) is 48.8 Å². The molecule has 0 atom stereocenters. The third-order valence-electron chi connectivity index (χ3n) is 3.23. The fourth-order valence-electron chi connectivity index (χ4n) is 2.19. The summed E-state index contributed by atoms with van der Waals surface area (Å²) in [5, 5.41) is 21.9. The molecule has 3 aromatic rings. The number of carboxylic acids is 2. The van der Waals surface area contributed by atoms with Crippen LogP contribution in [0, 0.1) is 0 Å². The van der Waals surface area contributed by atoms with E-state index >= 15 is 0 Å². The van der Waals surface area contributed by atoms with Gasteiger partial charge in [-0.3, -0.25) is 0 Å². The van der Waals surface area contributed by atoms with Crippen molar-refractivity contribution in [2.75, 3.05) is 5.32 Å². The summed E-state index contributed by atoms with van der Waals surface area (Å²) in [6, 6.07) is 11.1. The van der Waals surface area contributed by atoms with Crippen molar-refractivity contribution in [3.05, 3.63) is 59.9 Å². The molecule has 0 amide bonds. The zero-order chi connectivity index (χ0) is 16.4. The zero-order valence-electron chi connectivity index (χ0n) is 11.7. The van der Waals surface area contributed by atoms with Gasteiger partial charge in [-0.2, -0.15) is 0 Å². The van der Waals surface area contributed by atoms with Gasteiger partial charge >= 0.3 is 11.9 Å². The second kappa shape index (κ2) is 5.72. The smallest absolute Gasteiger partial charge is 0.335 e. The molecule has 0 bridgehead atoms. The fourth-order valence-corrected chi connectivity index (χ4v) is 2.19. The molecule has 23 heavy (non-hydrogen) atoms. The summed E-state index contributed by atoms with van der Waals surface area (Å²) in [4.78, 5) is 30.6. The van der Waals surface area contributed by atoms with Gasteiger partial charge in [-0.15, -0.1) is 0 Å². The molecule has 7 heteroatoms. The summed E-state index contributed by atoms with van der Waals surface area (Å²) in [6.45, 7) is 0. The summed E-state index contributed by atoms with van der Waals surface area (Å²) in [5.41, 5.74) is 0.806. The van der Waals surface area contributed by atoms with Gasteiger partial charge in [0.2, 0.25) is 0 Å². The molecule has 0 fully saturated rings. The molecule has 0 aliphatic carbocycles. The van der Waals surface area contributed by atoms with E-state index in [4.69, 9.17) is 10.2 Å². The molecular weight excluding hydrogens is 298 g/mol. The summed E-state index contributed by atoms with van der Waals surface area (Å²) in [5.74, 6) is -1.94. The highest BCUT2D eigenvalue weighted by Crippen LogP contribution is 2.24. The Kier molecular flexibility index (Phi) is 3.60. The van der Waals surface area contributed by atoms with Crippen LogP contribution in [0.25, 0.3) is 10.9 Å². The summed E-state index contributed by atoms with van der Waals surface area (Å²) < 4.78 is 0. The van der Waals surface area contributed by atoms with E-state index in [2.05, 4.69) is 15.3 Å². The number of para-hydroxylation sites is 1. The molecule has 0 unspecified atom stereocenters. The minimum atomic E-state index is -1.20. The lowest BCUT2D eigenvalue weighted by Gasteiger charge is -2.10. The monoisotopic (exact) mass is 309 g/mol. The van der Waals surface area contributed by atoms with Crippen molar-refractivity contribution >= 4 is 34.3 Å². The number of aromatic nitrogens is 2. The summed E-state index contributed by atoms with van der Waals surface area (Å²) >= 11 is 0. The van der Waals surface area contributed by atoms with Crippen LogP contribution in [0.2, 0.25) is 0 Å². The second-order valence-electron chi connectivity index (χ2n) is 4.77. The number of hydrogen-bond acceptors (Lipinski definition) is 5. The van der Waals surface area contributed by atoms with E-state index < -0.39 is 11.9 Å². The van der Waals surface area contributed by atoms with Crippen molar-refractivity contribution in [2.24, 2.45) is 0 Å². The van der Waals surface area contributed by atoms with Crippen LogP contribution in [-0.4, -0.2) is 32.1 Å². The number of rotatable bonds is 4. The minimum absolute atomic E-state index is 0.120. The van der Waals surface area contributed by atoms with Gasteiger partial charge in [0.15, 0.2) is 0 Å². The summed E-state index contributed by atoms with van der Waals surface area (Å²) in [7, 11) is 0. The van der Waals surface area contributed by atoms with Crippen molar-refractivity contribution in [3.63, 3.8) is 0 Å². The highest BCUT2D eigenvalue weighted by molar-refractivity contribution is 5.97. The third kappa shape index (κ3) is 2.93. The molecule has 0 aliphatic heterocycles.